The van der Waals surface area contributed by atoms with E-state index in [0.717, 1.165) is 69.5 Å². The first-order valence-electron chi connectivity index (χ1n) is 26.4. The molecular formula is C59H49IrN3O-2. The van der Waals surface area contributed by atoms with E-state index in [0.29, 0.717) is 44.6 Å². The molecule has 0 spiro atoms. The minimum absolute atomic E-state index is 0. The van der Waals surface area contributed by atoms with Gasteiger partial charge in [0.2, 0.25) is 0 Å². The van der Waals surface area contributed by atoms with Crippen LogP contribution in [0.15, 0.2) is 156 Å². The van der Waals surface area contributed by atoms with E-state index >= 15 is 0 Å². The topological polar surface area (TPSA) is 43.9 Å². The third-order valence-electron chi connectivity index (χ3n) is 12.8. The summed E-state index contributed by atoms with van der Waals surface area (Å²) in [4.78, 5) is 9.22. The monoisotopic (exact) mass is 1020 g/mol. The van der Waals surface area contributed by atoms with Crippen molar-refractivity contribution < 1.29 is 38.2 Å². The van der Waals surface area contributed by atoms with Gasteiger partial charge in [-0.3, -0.25) is 4.98 Å². The molecule has 5 heteroatoms. The van der Waals surface area contributed by atoms with Gasteiger partial charge in [-0.25, -0.2) is 0 Å². The normalized spacial score (nSPS) is 17.4. The molecule has 3 heterocycles. The van der Waals surface area contributed by atoms with Crippen LogP contribution in [0.4, 0.5) is 0 Å². The van der Waals surface area contributed by atoms with Gasteiger partial charge in [-0.2, -0.15) is 0 Å². The summed E-state index contributed by atoms with van der Waals surface area (Å²) in [6.07, 6.45) is 5.16. The Kier molecular flexibility index (Phi) is 8.17. The van der Waals surface area contributed by atoms with Crippen molar-refractivity contribution in [3.63, 3.8) is 0 Å². The second kappa shape index (κ2) is 16.6. The molecule has 0 N–H and O–H groups in total. The van der Waals surface area contributed by atoms with Gasteiger partial charge in [0.1, 0.15) is 5.58 Å². The molecule has 317 valence electrons. The van der Waals surface area contributed by atoms with Gasteiger partial charge < -0.3 is 14.0 Å². The van der Waals surface area contributed by atoms with Crippen molar-refractivity contribution in [1.29, 1.82) is 0 Å². The van der Waals surface area contributed by atoms with Crippen LogP contribution in [0.3, 0.4) is 0 Å². The summed E-state index contributed by atoms with van der Waals surface area (Å²) in [5.41, 5.74) is 7.49. The van der Waals surface area contributed by atoms with Crippen LogP contribution >= 0.6 is 0 Å². The summed E-state index contributed by atoms with van der Waals surface area (Å²) in [6, 6.07) is 52.8. The number of imidazole rings is 1. The van der Waals surface area contributed by atoms with Gasteiger partial charge in [-0.15, -0.1) is 53.1 Å². The fourth-order valence-electron chi connectivity index (χ4n) is 9.35. The molecule has 64 heavy (non-hydrogen) atoms. The number of aromatic nitrogens is 3. The fraction of sp³-hybridized carbons (Fsp3) is 0.186. The van der Waals surface area contributed by atoms with Gasteiger partial charge in [-0.05, 0) is 123 Å². The molecule has 0 saturated heterocycles. The summed E-state index contributed by atoms with van der Waals surface area (Å²) in [5.74, 6) is 0.0461. The van der Waals surface area contributed by atoms with Gasteiger partial charge >= 0.3 is 0 Å². The maximum atomic E-state index is 9.53. The molecule has 3 aromatic heterocycles. The van der Waals surface area contributed by atoms with Crippen LogP contribution in [0, 0.1) is 38.1 Å². The Hall–Kier alpha value is -6.39. The van der Waals surface area contributed by atoms with Gasteiger partial charge in [0.05, 0.1) is 22.4 Å². The van der Waals surface area contributed by atoms with Crippen molar-refractivity contribution in [2.24, 2.45) is 5.41 Å². The number of fused-ring (bicyclic) bond motifs is 10. The number of furan rings is 1. The van der Waals surface area contributed by atoms with E-state index in [1.807, 2.05) is 42.5 Å². The summed E-state index contributed by atoms with van der Waals surface area (Å²) in [5, 5.41) is 8.26. The minimum atomic E-state index is -2.35. The molecule has 0 atom stereocenters. The second-order valence-electron chi connectivity index (χ2n) is 17.4. The summed E-state index contributed by atoms with van der Waals surface area (Å²) >= 11 is 0. The Labute approximate surface area is 402 Å². The molecule has 0 bridgehead atoms. The van der Waals surface area contributed by atoms with Crippen LogP contribution in [-0.2, 0) is 20.1 Å². The summed E-state index contributed by atoms with van der Waals surface area (Å²) in [6.45, 7) is -2.04. The zero-order valence-corrected chi connectivity index (χ0v) is 37.7. The third-order valence-corrected chi connectivity index (χ3v) is 12.8. The number of para-hydroxylation sites is 3. The molecule has 4 nitrogen and oxygen atoms in total. The van der Waals surface area contributed by atoms with E-state index in [1.54, 1.807) is 18.2 Å². The van der Waals surface area contributed by atoms with E-state index in [9.17, 15) is 1.37 Å². The number of benzene rings is 8. The Balaban J connectivity index is 0.000000252. The average molecular weight is 1020 g/mol. The van der Waals surface area contributed by atoms with Crippen LogP contribution in [0.2, 0.25) is 0 Å². The van der Waals surface area contributed by atoms with Gasteiger partial charge in [0.15, 0.2) is 0 Å². The van der Waals surface area contributed by atoms with Gasteiger partial charge in [0, 0.05) is 51.1 Å². The van der Waals surface area contributed by atoms with Crippen molar-refractivity contribution in [2.45, 2.75) is 66.0 Å². The number of hydrogen-bond donors (Lipinski definition) is 0. The van der Waals surface area contributed by atoms with Crippen LogP contribution in [0.25, 0.3) is 93.6 Å². The smallest absolute Gasteiger partial charge is 0.120 e. The molecule has 1 radical (unpaired) electrons. The van der Waals surface area contributed by atoms with Crippen molar-refractivity contribution in [3.8, 4) is 28.3 Å². The first kappa shape index (κ1) is 31.5. The Bertz CT molecular complexity index is 3840. The van der Waals surface area contributed by atoms with Crippen LogP contribution in [0.5, 0.6) is 0 Å². The van der Waals surface area contributed by atoms with Crippen LogP contribution < -0.4 is 0 Å². The van der Waals surface area contributed by atoms with Crippen molar-refractivity contribution in [2.75, 3.05) is 0 Å². The van der Waals surface area contributed by atoms with Crippen molar-refractivity contribution in [3.05, 3.63) is 186 Å². The zero-order chi connectivity index (χ0) is 51.2. The Morgan fingerprint density at radius 3 is 2.12 bits per heavy atom. The molecule has 0 amide bonds. The molecule has 11 aromatic rings. The molecule has 0 unspecified atom stereocenters. The molecule has 1 saturated carbocycles. The van der Waals surface area contributed by atoms with Gasteiger partial charge in [0.25, 0.3) is 0 Å². The van der Waals surface area contributed by atoms with Crippen LogP contribution in [0.1, 0.15) is 81.4 Å². The SMILES string of the molecule is [2H]C([2H])([2H])c1c[c-]c(-c2ccc(C([2H])([2H])[2H])cn2)cc1.[2H]C([2H])([2H])c1c[c-]c(-c2nc3ccccc3n2-c2ccc3c4ccc(C5([2H])CCC(C)(C)CC5)cc4c4ccccc4c3c2)c2oc3ccccc3c12.[Ir]. The van der Waals surface area contributed by atoms with E-state index < -0.39 is 26.4 Å². The number of nitrogens with zero attached hydrogens (tertiary/aromatic N) is 3. The fourth-order valence-corrected chi connectivity index (χ4v) is 9.35. The van der Waals surface area contributed by atoms with E-state index in [1.165, 1.54) is 40.6 Å². The average Bonchev–Trinajstić information content (AvgIpc) is 3.96. The number of aryl methyl sites for hydroxylation is 3. The van der Waals surface area contributed by atoms with E-state index in [4.69, 9.17) is 21.7 Å². The first-order chi connectivity index (χ1) is 34.7. The van der Waals surface area contributed by atoms with Crippen molar-refractivity contribution in [1.82, 2.24) is 14.5 Å². The third kappa shape index (κ3) is 7.41. The summed E-state index contributed by atoms with van der Waals surface area (Å²) in [7, 11) is 0. The van der Waals surface area contributed by atoms with E-state index in [2.05, 4.69) is 102 Å². The Morgan fingerprint density at radius 1 is 0.688 bits per heavy atom. The quantitative estimate of drug-likeness (QED) is 0.130. The molecule has 1 aliphatic rings. The number of hydrogen-bond acceptors (Lipinski definition) is 3. The first-order valence-corrected chi connectivity index (χ1v) is 21.4. The summed E-state index contributed by atoms with van der Waals surface area (Å²) < 4.78 is 86.8. The molecule has 0 aliphatic heterocycles. The maximum Gasteiger partial charge on any atom is 0.120 e. The molecule has 1 fully saturated rings. The Morgan fingerprint density at radius 2 is 1.39 bits per heavy atom. The maximum absolute atomic E-state index is 9.53. The zero-order valence-electron chi connectivity index (χ0n) is 45.3. The number of rotatable bonds is 4. The molecule has 1 aliphatic carbocycles. The van der Waals surface area contributed by atoms with E-state index in [-0.39, 0.29) is 36.8 Å². The molecule has 12 rings (SSSR count). The predicted molar refractivity (Wildman–Crippen MR) is 263 cm³/mol. The second-order valence-corrected chi connectivity index (χ2v) is 17.4. The van der Waals surface area contributed by atoms with Crippen LogP contribution in [-0.4, -0.2) is 14.5 Å². The number of pyridine rings is 1. The molecular weight excluding hydrogens is 959 g/mol. The minimum Gasteiger partial charge on any atom is -0.501 e. The largest absolute Gasteiger partial charge is 0.501 e. The predicted octanol–water partition coefficient (Wildman–Crippen LogP) is 16.0. The molecule has 8 aromatic carbocycles. The van der Waals surface area contributed by atoms with Crippen molar-refractivity contribution >= 4 is 65.3 Å². The van der Waals surface area contributed by atoms with Gasteiger partial charge in [-0.1, -0.05) is 129 Å². The standard InChI is InChI=1S/C46H37N2O.C13H12N.Ir/c1-28-16-19-37(44-43(28)36-12-6-9-15-42(36)49-44)45-47-40-13-7-8-14-41(40)48(45)31-18-21-35-34-20-17-30(29-22-24-46(2,3)25-23-29)26-38(34)32-10-4-5-11-33(32)39(35)27-31;1-10-3-6-12(7-4-10)13-8-5-11(2)9-14-13;/h4-18,20-21,26-27,29H,22-25H2,1-3H3;3-6,8-9H,1-2H3;/q2*-1;/i1D3,29D;1D3,2D3;.